The van der Waals surface area contributed by atoms with Gasteiger partial charge < -0.3 is 9.47 Å². The molecule has 0 aromatic carbocycles. The van der Waals surface area contributed by atoms with Crippen LogP contribution in [0.5, 0.6) is 0 Å². The molecule has 27 atom stereocenters. The smallest absolute Gasteiger partial charge is 0.0700 e. The molecule has 3 nitrogen and oxygen atoms in total. The zero-order chi connectivity index (χ0) is 30.7. The Balaban J connectivity index is 0.925. The molecule has 258 valence electrons. The van der Waals surface area contributed by atoms with Crippen LogP contribution in [0.25, 0.3) is 0 Å². The number of rotatable bonds is 6. The van der Waals surface area contributed by atoms with E-state index < -0.39 is 0 Å². The summed E-state index contributed by atoms with van der Waals surface area (Å²) in [6.45, 7) is 6.38. The summed E-state index contributed by atoms with van der Waals surface area (Å²) < 4.78 is 11.5. The van der Waals surface area contributed by atoms with E-state index in [1.807, 2.05) is 7.11 Å². The Morgan fingerprint density at radius 3 is 2.04 bits per heavy atom. The van der Waals surface area contributed by atoms with Gasteiger partial charge in [-0.15, -0.1) is 0 Å². The first-order chi connectivity index (χ1) is 24.2. The molecule has 14 fully saturated rings. The number of ether oxygens (including phenoxy) is 2. The van der Waals surface area contributed by atoms with E-state index in [0.29, 0.717) is 5.41 Å². The number of allylic oxidation sites excluding steroid dienone is 3. The van der Waals surface area contributed by atoms with Gasteiger partial charge in [0, 0.05) is 38.6 Å². The summed E-state index contributed by atoms with van der Waals surface area (Å²) in [5.74, 6) is 29.3. The maximum atomic E-state index is 6.18. The van der Waals surface area contributed by atoms with Crippen LogP contribution in [-0.2, 0) is 9.47 Å². The lowest BCUT2D eigenvalue weighted by atomic mass is 9.42. The Bertz CT molecular complexity index is 1740. The second-order valence-electron chi connectivity index (χ2n) is 23.2. The van der Waals surface area contributed by atoms with Gasteiger partial charge in [0.15, 0.2) is 0 Å². The first-order valence-electron chi connectivity index (χ1n) is 22.5. The van der Waals surface area contributed by atoms with Crippen molar-refractivity contribution < 1.29 is 9.47 Å². The predicted molar refractivity (Wildman–Crippen MR) is 183 cm³/mol. The molecule has 1 saturated heterocycles. The molecule has 49 heavy (non-hydrogen) atoms. The first-order valence-corrected chi connectivity index (χ1v) is 22.5. The molecule has 1 aliphatic heterocycles. The summed E-state index contributed by atoms with van der Waals surface area (Å²) in [6.07, 6.45) is 13.2. The molecule has 27 unspecified atom stereocenters. The molecule has 3 heteroatoms. The van der Waals surface area contributed by atoms with Gasteiger partial charge in [-0.05, 0) is 199 Å². The van der Waals surface area contributed by atoms with Crippen LogP contribution < -0.4 is 0 Å². The largest absolute Gasteiger partial charge is 0.382 e. The molecular formula is C46H57NO2. The van der Waals surface area contributed by atoms with E-state index in [4.69, 9.17) is 9.47 Å². The predicted octanol–water partition coefficient (Wildman–Crippen LogP) is 6.90. The van der Waals surface area contributed by atoms with Crippen molar-refractivity contribution in [3.63, 3.8) is 0 Å². The topological polar surface area (TPSA) is 21.7 Å². The maximum Gasteiger partial charge on any atom is 0.0700 e. The Morgan fingerprint density at radius 1 is 0.612 bits per heavy atom. The third-order valence-corrected chi connectivity index (χ3v) is 23.7. The third kappa shape index (κ3) is 2.33. The van der Waals surface area contributed by atoms with Crippen molar-refractivity contribution in [2.24, 2.45) is 159 Å². The van der Waals surface area contributed by atoms with Gasteiger partial charge in [0.1, 0.15) is 0 Å². The number of likely N-dealkylation sites (tertiary alicyclic amines) is 1. The van der Waals surface area contributed by atoms with E-state index >= 15 is 0 Å². The molecule has 0 amide bonds. The highest BCUT2D eigenvalue weighted by molar-refractivity contribution is 5.55. The Hall–Kier alpha value is -0.640. The number of nitrogens with zero attached hydrogens (tertiary/aromatic N) is 1. The molecule has 13 saturated carbocycles. The standard InChI is InChI=1S/C46H57NO2/c1-48-4-5-49-3-2-47-14-24-23-12-21-10-18-8-19-7-16-6-17-9-20-11-22-13-46(24,15-47)45-31(22)36-30(20)35-26(17)25(16)33-29(19)34-27(18)28(21)37-32(23)44(45)43-41(36)39(35)38(33)40(34)42(37)43/h16-20,22,24-27,29-31,33-45H,2-15H2,1H3. The summed E-state index contributed by atoms with van der Waals surface area (Å²) in [4.78, 5) is 3.00. The fourth-order valence-electron chi connectivity index (χ4n) is 25.1. The average molecular weight is 656 g/mol. The molecule has 17 rings (SSSR count). The Kier molecular flexibility index (Phi) is 4.16. The number of fused-ring (bicyclic) bond motifs is 1. The van der Waals surface area contributed by atoms with Crippen LogP contribution in [0.3, 0.4) is 0 Å². The third-order valence-electron chi connectivity index (χ3n) is 23.7. The fourth-order valence-corrected chi connectivity index (χ4v) is 25.1. The van der Waals surface area contributed by atoms with Gasteiger partial charge in [0.2, 0.25) is 0 Å². The molecule has 0 aromatic heterocycles. The van der Waals surface area contributed by atoms with Crippen molar-refractivity contribution in [2.45, 2.75) is 51.4 Å². The van der Waals surface area contributed by atoms with E-state index in [-0.39, 0.29) is 0 Å². The second kappa shape index (κ2) is 7.78. The van der Waals surface area contributed by atoms with Gasteiger partial charge in [-0.25, -0.2) is 0 Å². The van der Waals surface area contributed by atoms with Crippen molar-refractivity contribution >= 4 is 0 Å². The Morgan fingerprint density at radius 2 is 1.24 bits per heavy atom. The quantitative estimate of drug-likeness (QED) is 0.230. The molecular weight excluding hydrogens is 599 g/mol. The van der Waals surface area contributed by atoms with E-state index in [2.05, 4.69) is 27.2 Å². The van der Waals surface area contributed by atoms with Crippen LogP contribution in [0, 0.1) is 159 Å². The van der Waals surface area contributed by atoms with E-state index in [0.717, 1.165) is 115 Å². The summed E-state index contributed by atoms with van der Waals surface area (Å²) >= 11 is 0. The number of hydrogen-bond acceptors (Lipinski definition) is 3. The lowest BCUT2D eigenvalue weighted by Gasteiger charge is -2.62. The highest BCUT2D eigenvalue weighted by Gasteiger charge is 2.88. The van der Waals surface area contributed by atoms with Crippen molar-refractivity contribution in [2.75, 3.05) is 46.6 Å². The van der Waals surface area contributed by atoms with Gasteiger partial charge in [-0.3, -0.25) is 4.90 Å². The van der Waals surface area contributed by atoms with E-state index in [9.17, 15) is 0 Å². The zero-order valence-corrected chi connectivity index (χ0v) is 29.7. The first kappa shape index (κ1) is 26.2. The molecule has 0 aromatic rings. The summed E-state index contributed by atoms with van der Waals surface area (Å²) in [7, 11) is 1.81. The van der Waals surface area contributed by atoms with Crippen LogP contribution in [-0.4, -0.2) is 51.5 Å². The van der Waals surface area contributed by atoms with Gasteiger partial charge in [0.25, 0.3) is 0 Å². The molecule has 16 aliphatic carbocycles. The Labute approximate surface area is 293 Å². The average Bonchev–Trinajstić information content (AvgIpc) is 3.94. The van der Waals surface area contributed by atoms with Crippen LogP contribution in [0.15, 0.2) is 22.3 Å². The minimum Gasteiger partial charge on any atom is -0.382 e. The van der Waals surface area contributed by atoms with Gasteiger partial charge in [-0.2, -0.15) is 0 Å². The van der Waals surface area contributed by atoms with Crippen molar-refractivity contribution in [1.82, 2.24) is 4.90 Å². The zero-order valence-electron chi connectivity index (χ0n) is 29.7. The molecule has 1 heterocycles. The summed E-state index contributed by atoms with van der Waals surface area (Å²) in [5.41, 5.74) is 9.37. The fraction of sp³-hybridized carbons (Fsp3) is 0.913. The van der Waals surface area contributed by atoms with Crippen molar-refractivity contribution in [3.05, 3.63) is 22.3 Å². The lowest BCUT2D eigenvalue weighted by Crippen LogP contribution is -2.59. The van der Waals surface area contributed by atoms with Crippen molar-refractivity contribution in [3.8, 4) is 0 Å². The highest BCUT2D eigenvalue weighted by atomic mass is 16.5. The highest BCUT2D eigenvalue weighted by Crippen LogP contribution is 2.92. The van der Waals surface area contributed by atoms with Crippen LogP contribution in [0.2, 0.25) is 0 Å². The number of methoxy groups -OCH3 is 1. The minimum atomic E-state index is 0.606. The molecule has 0 bridgehead atoms. The minimum absolute atomic E-state index is 0.606. The van der Waals surface area contributed by atoms with Gasteiger partial charge >= 0.3 is 0 Å². The molecule has 17 aliphatic rings. The lowest BCUT2D eigenvalue weighted by molar-refractivity contribution is -0.146. The molecule has 0 radical (unpaired) electrons. The van der Waals surface area contributed by atoms with E-state index in [1.54, 1.807) is 44.9 Å². The SMILES string of the molecule is COCCOCCN1CC2C3=C4C5C6=C(C3)CC3CC7CC8CC9CC%10CC%11CC2(C1)C1C4C2C5C4C(C63)C7C3C8C9C5C%10C(C2C5C34)C%111. The summed E-state index contributed by atoms with van der Waals surface area (Å²) in [6, 6.07) is 0. The van der Waals surface area contributed by atoms with Gasteiger partial charge in [-0.1, -0.05) is 22.3 Å². The van der Waals surface area contributed by atoms with Gasteiger partial charge in [0.05, 0.1) is 19.8 Å². The normalized spacial score (nSPS) is 71.7. The second-order valence-corrected chi connectivity index (χ2v) is 23.2. The van der Waals surface area contributed by atoms with Crippen LogP contribution in [0.1, 0.15) is 51.4 Å². The van der Waals surface area contributed by atoms with Crippen LogP contribution in [0.4, 0.5) is 0 Å². The van der Waals surface area contributed by atoms with E-state index in [1.165, 1.54) is 84.6 Å². The number of hydrogen-bond donors (Lipinski definition) is 0. The maximum absolute atomic E-state index is 6.18. The van der Waals surface area contributed by atoms with Crippen molar-refractivity contribution in [1.29, 1.82) is 0 Å². The van der Waals surface area contributed by atoms with Crippen LogP contribution >= 0.6 is 0 Å². The monoisotopic (exact) mass is 655 g/mol. The molecule has 0 N–H and O–H groups in total. The summed E-state index contributed by atoms with van der Waals surface area (Å²) in [5, 5.41) is 0. The molecule has 1 spiro atoms.